The van der Waals surface area contributed by atoms with Crippen molar-refractivity contribution in [3.05, 3.63) is 22.9 Å². The van der Waals surface area contributed by atoms with Crippen LogP contribution in [0.1, 0.15) is 21.6 Å². The summed E-state index contributed by atoms with van der Waals surface area (Å²) in [7, 11) is 3.76. The molecule has 2 aromatic rings. The Labute approximate surface area is 124 Å². The lowest BCUT2D eigenvalue weighted by Gasteiger charge is -2.07. The highest BCUT2D eigenvalue weighted by Crippen LogP contribution is 2.34. The smallest absolute Gasteiger partial charge is 0.338 e. The minimum Gasteiger partial charge on any atom is -0.478 e. The summed E-state index contributed by atoms with van der Waals surface area (Å²) in [5.41, 5.74) is 1.71. The Hall–Kier alpha value is -1.67. The van der Waals surface area contributed by atoms with E-state index >= 15 is 0 Å². The number of anilines is 1. The Kier molecular flexibility index (Phi) is 4.24. The molecule has 0 spiro atoms. The predicted octanol–water partition coefficient (Wildman–Crippen LogP) is 2.47. The molecule has 20 heavy (non-hydrogen) atoms. The minimum absolute atomic E-state index is 0.224. The molecule has 106 valence electrons. The third-order valence-electron chi connectivity index (χ3n) is 2.49. The Balaban J connectivity index is 2.39. The fourth-order valence-corrected chi connectivity index (χ4v) is 3.56. The van der Waals surface area contributed by atoms with E-state index < -0.39 is 5.97 Å². The molecule has 0 fully saturated rings. The minimum atomic E-state index is -0.977. The zero-order valence-corrected chi connectivity index (χ0v) is 13.2. The van der Waals surface area contributed by atoms with E-state index in [4.69, 9.17) is 0 Å². The van der Waals surface area contributed by atoms with Crippen molar-refractivity contribution >= 4 is 34.2 Å². The lowest BCUT2D eigenvalue weighted by Crippen LogP contribution is -2.07. The fourth-order valence-electron chi connectivity index (χ4n) is 1.64. The Morgan fingerprint density at radius 1 is 1.35 bits per heavy atom. The molecule has 0 aromatic carbocycles. The van der Waals surface area contributed by atoms with Gasteiger partial charge in [-0.15, -0.1) is 10.2 Å². The van der Waals surface area contributed by atoms with Crippen molar-refractivity contribution in [2.75, 3.05) is 19.0 Å². The fraction of sp³-hybridized carbons (Fsp3) is 0.333. The van der Waals surface area contributed by atoms with Crippen LogP contribution in [0.4, 0.5) is 5.13 Å². The van der Waals surface area contributed by atoms with Gasteiger partial charge in [-0.2, -0.15) is 0 Å². The maximum absolute atomic E-state index is 11.4. The van der Waals surface area contributed by atoms with Crippen LogP contribution in [-0.4, -0.2) is 40.4 Å². The van der Waals surface area contributed by atoms with Crippen molar-refractivity contribution in [1.29, 1.82) is 0 Å². The lowest BCUT2D eigenvalue weighted by atomic mass is 10.1. The second-order valence-corrected chi connectivity index (χ2v) is 6.60. The topological polar surface area (TPSA) is 79.2 Å². The predicted molar refractivity (Wildman–Crippen MR) is 79.0 cm³/mol. The van der Waals surface area contributed by atoms with Gasteiger partial charge < -0.3 is 10.0 Å². The number of nitrogens with zero attached hydrogens (tertiary/aromatic N) is 4. The molecule has 2 heterocycles. The quantitative estimate of drug-likeness (QED) is 0.929. The molecule has 2 rings (SSSR count). The molecule has 0 saturated carbocycles. The summed E-state index contributed by atoms with van der Waals surface area (Å²) in [5.74, 6) is -0.977. The number of carboxylic acids is 1. The van der Waals surface area contributed by atoms with Crippen molar-refractivity contribution in [2.45, 2.75) is 23.2 Å². The third-order valence-corrected chi connectivity index (χ3v) is 4.62. The zero-order valence-electron chi connectivity index (χ0n) is 11.5. The monoisotopic (exact) mass is 310 g/mol. The molecule has 8 heteroatoms. The van der Waals surface area contributed by atoms with E-state index in [9.17, 15) is 9.90 Å². The molecule has 0 amide bonds. The standard InChI is InChI=1S/C12H14N4O2S2/c1-6-5-7(2)13-9(8(6)10(17)18)19-12-15-14-11(20-12)16(3)4/h5H,1-4H3,(H,17,18). The van der Waals surface area contributed by atoms with Gasteiger partial charge in [-0.25, -0.2) is 9.78 Å². The molecule has 2 aromatic heterocycles. The van der Waals surface area contributed by atoms with Crippen LogP contribution in [0.15, 0.2) is 15.4 Å². The molecular weight excluding hydrogens is 296 g/mol. The number of aromatic carboxylic acids is 1. The number of hydrogen-bond acceptors (Lipinski definition) is 7. The first-order chi connectivity index (χ1) is 9.38. The van der Waals surface area contributed by atoms with Gasteiger partial charge in [0.2, 0.25) is 5.13 Å². The van der Waals surface area contributed by atoms with Crippen LogP contribution >= 0.6 is 23.1 Å². The Bertz CT molecular complexity index is 655. The molecule has 6 nitrogen and oxygen atoms in total. The van der Waals surface area contributed by atoms with Crippen LogP contribution in [0.25, 0.3) is 0 Å². The lowest BCUT2D eigenvalue weighted by molar-refractivity contribution is 0.0691. The maximum Gasteiger partial charge on any atom is 0.338 e. The molecule has 0 aliphatic rings. The van der Waals surface area contributed by atoms with Gasteiger partial charge in [0.05, 0.1) is 5.56 Å². The van der Waals surface area contributed by atoms with E-state index in [1.165, 1.54) is 23.1 Å². The van der Waals surface area contributed by atoms with Crippen LogP contribution < -0.4 is 4.90 Å². The molecule has 0 atom stereocenters. The molecule has 0 aliphatic carbocycles. The molecule has 0 aliphatic heterocycles. The number of rotatable bonds is 4. The van der Waals surface area contributed by atoms with Crippen LogP contribution in [0.2, 0.25) is 0 Å². The summed E-state index contributed by atoms with van der Waals surface area (Å²) in [5, 5.41) is 18.6. The summed E-state index contributed by atoms with van der Waals surface area (Å²) in [6, 6.07) is 1.76. The average molecular weight is 310 g/mol. The maximum atomic E-state index is 11.4. The van der Waals surface area contributed by atoms with Gasteiger partial charge in [-0.1, -0.05) is 11.3 Å². The van der Waals surface area contributed by atoms with Crippen LogP contribution in [0, 0.1) is 13.8 Å². The number of aryl methyl sites for hydroxylation is 2. The van der Waals surface area contributed by atoms with Gasteiger partial charge in [-0.3, -0.25) is 0 Å². The molecule has 0 unspecified atom stereocenters. The van der Waals surface area contributed by atoms with Crippen molar-refractivity contribution in [2.24, 2.45) is 0 Å². The summed E-state index contributed by atoms with van der Waals surface area (Å²) < 4.78 is 0.675. The number of carbonyl (C=O) groups is 1. The van der Waals surface area contributed by atoms with Crippen LogP contribution in [0.5, 0.6) is 0 Å². The van der Waals surface area contributed by atoms with E-state index in [1.54, 1.807) is 13.0 Å². The highest BCUT2D eigenvalue weighted by molar-refractivity contribution is 8.01. The zero-order chi connectivity index (χ0) is 14.9. The van der Waals surface area contributed by atoms with Gasteiger partial charge in [-0.05, 0) is 37.2 Å². The van der Waals surface area contributed by atoms with E-state index in [1.807, 2.05) is 25.9 Å². The number of aromatic nitrogens is 3. The molecule has 0 saturated heterocycles. The summed E-state index contributed by atoms with van der Waals surface area (Å²) in [4.78, 5) is 17.5. The SMILES string of the molecule is Cc1cc(C)c(C(=O)O)c(Sc2nnc(N(C)C)s2)n1. The second kappa shape index (κ2) is 5.76. The van der Waals surface area contributed by atoms with Crippen molar-refractivity contribution in [3.63, 3.8) is 0 Å². The highest BCUT2D eigenvalue weighted by Gasteiger charge is 2.18. The first kappa shape index (κ1) is 14.7. The molecular formula is C12H14N4O2S2. The summed E-state index contributed by atoms with van der Waals surface area (Å²) in [6.45, 7) is 3.61. The first-order valence-electron chi connectivity index (χ1n) is 5.78. The number of pyridine rings is 1. The normalized spacial score (nSPS) is 10.6. The highest BCUT2D eigenvalue weighted by atomic mass is 32.2. The molecule has 0 radical (unpaired) electrons. The van der Waals surface area contributed by atoms with E-state index in [0.717, 1.165) is 10.8 Å². The van der Waals surface area contributed by atoms with Gasteiger partial charge in [0.1, 0.15) is 5.03 Å². The van der Waals surface area contributed by atoms with Gasteiger partial charge in [0.25, 0.3) is 0 Å². The first-order valence-corrected chi connectivity index (χ1v) is 7.42. The summed E-state index contributed by atoms with van der Waals surface area (Å²) in [6.07, 6.45) is 0. The van der Waals surface area contributed by atoms with Gasteiger partial charge in [0, 0.05) is 19.8 Å². The van der Waals surface area contributed by atoms with Crippen LogP contribution in [-0.2, 0) is 0 Å². The van der Waals surface area contributed by atoms with Crippen molar-refractivity contribution < 1.29 is 9.90 Å². The number of carboxylic acid groups (broad SMARTS) is 1. The van der Waals surface area contributed by atoms with Crippen LogP contribution in [0.3, 0.4) is 0 Å². The third kappa shape index (κ3) is 3.07. The molecule has 1 N–H and O–H groups in total. The molecule has 0 bridgehead atoms. The second-order valence-electron chi connectivity index (χ2n) is 4.41. The Morgan fingerprint density at radius 3 is 2.60 bits per heavy atom. The van der Waals surface area contributed by atoms with Crippen molar-refractivity contribution in [3.8, 4) is 0 Å². The van der Waals surface area contributed by atoms with E-state index in [2.05, 4.69) is 15.2 Å². The Morgan fingerprint density at radius 2 is 2.05 bits per heavy atom. The van der Waals surface area contributed by atoms with Gasteiger partial charge in [0.15, 0.2) is 4.34 Å². The summed E-state index contributed by atoms with van der Waals surface area (Å²) >= 11 is 2.64. The number of hydrogen-bond donors (Lipinski definition) is 1. The van der Waals surface area contributed by atoms with E-state index in [0.29, 0.717) is 14.9 Å². The van der Waals surface area contributed by atoms with Crippen molar-refractivity contribution in [1.82, 2.24) is 15.2 Å². The van der Waals surface area contributed by atoms with E-state index in [-0.39, 0.29) is 5.56 Å². The van der Waals surface area contributed by atoms with Gasteiger partial charge >= 0.3 is 5.97 Å². The largest absolute Gasteiger partial charge is 0.478 e. The average Bonchev–Trinajstić information content (AvgIpc) is 2.75.